The summed E-state index contributed by atoms with van der Waals surface area (Å²) in [4.78, 5) is 24.4. The van der Waals surface area contributed by atoms with E-state index in [9.17, 15) is 14.7 Å². The van der Waals surface area contributed by atoms with E-state index in [0.717, 1.165) is 10.8 Å². The molecule has 122 valence electrons. The summed E-state index contributed by atoms with van der Waals surface area (Å²) in [7, 11) is 0. The van der Waals surface area contributed by atoms with E-state index in [-0.39, 0.29) is 0 Å². The summed E-state index contributed by atoms with van der Waals surface area (Å²) in [6.07, 6.45) is 2.58. The van der Waals surface area contributed by atoms with E-state index in [2.05, 4.69) is 20.9 Å². The van der Waals surface area contributed by atoms with Crippen molar-refractivity contribution in [3.8, 4) is 0 Å². The van der Waals surface area contributed by atoms with Crippen LogP contribution in [0.1, 0.15) is 10.4 Å². The molecule has 0 fully saturated rings. The molecule has 3 aromatic rings. The fraction of sp³-hybridized carbons (Fsp3) is 0.125. The van der Waals surface area contributed by atoms with Gasteiger partial charge in [-0.15, -0.1) is 10.2 Å². The van der Waals surface area contributed by atoms with Crippen LogP contribution in [0.3, 0.4) is 0 Å². The normalized spacial score (nSPS) is 11.9. The molecule has 1 heterocycles. The number of benzene rings is 2. The molecule has 0 radical (unpaired) electrons. The zero-order valence-electron chi connectivity index (χ0n) is 12.6. The van der Waals surface area contributed by atoms with Gasteiger partial charge in [-0.3, -0.25) is 15.0 Å². The van der Waals surface area contributed by atoms with Crippen molar-refractivity contribution in [1.29, 1.82) is 0 Å². The van der Waals surface area contributed by atoms with Gasteiger partial charge in [-0.25, -0.2) is 4.68 Å². The Morgan fingerprint density at radius 2 is 1.79 bits per heavy atom. The van der Waals surface area contributed by atoms with Crippen molar-refractivity contribution in [2.24, 2.45) is 0 Å². The number of aliphatic hydroxyl groups is 1. The third-order valence-electron chi connectivity index (χ3n) is 3.47. The molecule has 0 saturated carbocycles. The molecule has 2 amide bonds. The number of nitrogens with zero attached hydrogens (tertiary/aromatic N) is 3. The van der Waals surface area contributed by atoms with E-state index in [1.807, 2.05) is 30.3 Å². The highest BCUT2D eigenvalue weighted by molar-refractivity contribution is 6.01. The molecule has 24 heavy (non-hydrogen) atoms. The van der Waals surface area contributed by atoms with Gasteiger partial charge in [-0.05, 0) is 22.9 Å². The number of carbonyl (C=O) groups excluding carboxylic acids is 2. The van der Waals surface area contributed by atoms with E-state index >= 15 is 0 Å². The van der Waals surface area contributed by atoms with Crippen molar-refractivity contribution in [1.82, 2.24) is 20.2 Å². The molecular weight excluding hydrogens is 310 g/mol. The molecule has 0 aliphatic heterocycles. The Morgan fingerprint density at radius 1 is 1.08 bits per heavy atom. The summed E-state index contributed by atoms with van der Waals surface area (Å²) < 4.78 is 1.23. The van der Waals surface area contributed by atoms with Gasteiger partial charge < -0.3 is 10.4 Å². The van der Waals surface area contributed by atoms with Gasteiger partial charge in [-0.1, -0.05) is 30.3 Å². The van der Waals surface area contributed by atoms with Crippen LogP contribution < -0.4 is 10.7 Å². The van der Waals surface area contributed by atoms with Crippen LogP contribution in [0.4, 0.5) is 0 Å². The van der Waals surface area contributed by atoms with E-state index in [0.29, 0.717) is 5.56 Å². The third kappa shape index (κ3) is 3.39. The molecule has 0 spiro atoms. The monoisotopic (exact) mass is 325 g/mol. The molecule has 0 bridgehead atoms. The van der Waals surface area contributed by atoms with Crippen molar-refractivity contribution < 1.29 is 14.7 Å². The van der Waals surface area contributed by atoms with E-state index in [1.54, 1.807) is 12.1 Å². The number of rotatable bonds is 5. The fourth-order valence-corrected chi connectivity index (χ4v) is 2.23. The van der Waals surface area contributed by atoms with Crippen LogP contribution in [-0.4, -0.2) is 44.4 Å². The molecule has 8 nitrogen and oxygen atoms in total. The molecule has 3 N–H and O–H groups in total. The van der Waals surface area contributed by atoms with Crippen LogP contribution in [0.15, 0.2) is 55.1 Å². The molecule has 1 unspecified atom stereocenters. The first kappa shape index (κ1) is 15.6. The summed E-state index contributed by atoms with van der Waals surface area (Å²) in [6, 6.07) is 11.8. The standard InChI is InChI=1S/C16H15N5O3/c22-8-14(16(24)20-21-9-17-18-10-21)19-15(23)13-6-5-11-3-1-2-4-12(11)7-13/h1-7,9-10,14,22H,8H2,(H,19,23)(H,20,24). The third-order valence-corrected chi connectivity index (χ3v) is 3.47. The number of aromatic nitrogens is 3. The minimum Gasteiger partial charge on any atom is -0.394 e. The Labute approximate surface area is 137 Å². The van der Waals surface area contributed by atoms with Gasteiger partial charge >= 0.3 is 0 Å². The maximum atomic E-state index is 12.3. The number of hydrogen-bond donors (Lipinski definition) is 3. The fourth-order valence-electron chi connectivity index (χ4n) is 2.23. The number of aliphatic hydroxyl groups excluding tert-OH is 1. The number of carbonyl (C=O) groups is 2. The second kappa shape index (κ2) is 6.88. The molecule has 1 aromatic heterocycles. The summed E-state index contributed by atoms with van der Waals surface area (Å²) in [6.45, 7) is -0.534. The van der Waals surface area contributed by atoms with Crippen molar-refractivity contribution in [2.45, 2.75) is 6.04 Å². The highest BCUT2D eigenvalue weighted by Gasteiger charge is 2.21. The summed E-state index contributed by atoms with van der Waals surface area (Å²) in [5.74, 6) is -1.02. The van der Waals surface area contributed by atoms with Gasteiger partial charge in [0.05, 0.1) is 6.61 Å². The predicted molar refractivity (Wildman–Crippen MR) is 86.7 cm³/mol. The first-order chi connectivity index (χ1) is 11.7. The van der Waals surface area contributed by atoms with Crippen LogP contribution in [-0.2, 0) is 4.79 Å². The van der Waals surface area contributed by atoms with Crippen LogP contribution in [0.5, 0.6) is 0 Å². The largest absolute Gasteiger partial charge is 0.394 e. The zero-order valence-corrected chi connectivity index (χ0v) is 12.6. The smallest absolute Gasteiger partial charge is 0.263 e. The molecular formula is C16H15N5O3. The van der Waals surface area contributed by atoms with Crippen molar-refractivity contribution in [3.05, 3.63) is 60.7 Å². The maximum Gasteiger partial charge on any atom is 0.263 e. The van der Waals surface area contributed by atoms with Gasteiger partial charge in [-0.2, -0.15) is 0 Å². The summed E-state index contributed by atoms with van der Waals surface area (Å²) in [5, 5.41) is 20.9. The van der Waals surface area contributed by atoms with E-state index in [4.69, 9.17) is 0 Å². The lowest BCUT2D eigenvalue weighted by Crippen LogP contribution is -2.47. The van der Waals surface area contributed by atoms with Gasteiger partial charge in [0.1, 0.15) is 18.7 Å². The Balaban J connectivity index is 1.72. The SMILES string of the molecule is O=C(NC(CO)C(=O)Nn1cnnc1)c1ccc2ccccc2c1. The average Bonchev–Trinajstić information content (AvgIpc) is 3.11. The van der Waals surface area contributed by atoms with Crippen LogP contribution in [0, 0.1) is 0 Å². The average molecular weight is 325 g/mol. The lowest BCUT2D eigenvalue weighted by molar-refractivity contribution is -0.119. The highest BCUT2D eigenvalue weighted by Crippen LogP contribution is 2.15. The predicted octanol–water partition coefficient (Wildman–Crippen LogP) is 0.292. The maximum absolute atomic E-state index is 12.3. The number of nitrogens with one attached hydrogen (secondary N) is 2. The number of hydrogen-bond acceptors (Lipinski definition) is 5. The van der Waals surface area contributed by atoms with Gasteiger partial charge in [0.15, 0.2) is 0 Å². The summed E-state index contributed by atoms with van der Waals surface area (Å²) in [5.41, 5.74) is 2.84. The topological polar surface area (TPSA) is 109 Å². The first-order valence-corrected chi connectivity index (χ1v) is 7.23. The minimum atomic E-state index is -1.09. The Bertz CT molecular complexity index is 863. The van der Waals surface area contributed by atoms with Crippen molar-refractivity contribution in [3.63, 3.8) is 0 Å². The Kier molecular flexibility index (Phi) is 4.48. The Morgan fingerprint density at radius 3 is 2.50 bits per heavy atom. The molecule has 2 aromatic carbocycles. The number of fused-ring (bicyclic) bond motifs is 1. The molecule has 0 aliphatic carbocycles. The lowest BCUT2D eigenvalue weighted by Gasteiger charge is -2.16. The quantitative estimate of drug-likeness (QED) is 0.625. The molecule has 0 saturated heterocycles. The lowest BCUT2D eigenvalue weighted by atomic mass is 10.1. The molecule has 8 heteroatoms. The van der Waals surface area contributed by atoms with Crippen molar-refractivity contribution >= 4 is 22.6 Å². The number of amides is 2. The molecule has 3 rings (SSSR count). The zero-order chi connectivity index (χ0) is 16.9. The summed E-state index contributed by atoms with van der Waals surface area (Å²) >= 11 is 0. The minimum absolute atomic E-state index is 0.407. The van der Waals surface area contributed by atoms with Gasteiger partial charge in [0.2, 0.25) is 0 Å². The van der Waals surface area contributed by atoms with Crippen LogP contribution in [0.25, 0.3) is 10.8 Å². The van der Waals surface area contributed by atoms with E-state index < -0.39 is 24.5 Å². The second-order valence-electron chi connectivity index (χ2n) is 5.12. The van der Waals surface area contributed by atoms with Gasteiger partial charge in [0.25, 0.3) is 11.8 Å². The van der Waals surface area contributed by atoms with E-state index in [1.165, 1.54) is 17.3 Å². The van der Waals surface area contributed by atoms with Crippen molar-refractivity contribution in [2.75, 3.05) is 12.0 Å². The highest BCUT2D eigenvalue weighted by atomic mass is 16.3. The molecule has 1 atom stereocenters. The first-order valence-electron chi connectivity index (χ1n) is 7.23. The van der Waals surface area contributed by atoms with Crippen LogP contribution >= 0.6 is 0 Å². The molecule has 0 aliphatic rings. The van der Waals surface area contributed by atoms with Gasteiger partial charge in [0, 0.05) is 5.56 Å². The Hall–Kier alpha value is -3.26. The van der Waals surface area contributed by atoms with Crippen LogP contribution in [0.2, 0.25) is 0 Å². The second-order valence-corrected chi connectivity index (χ2v) is 5.12.